The van der Waals surface area contributed by atoms with E-state index in [1.54, 1.807) is 0 Å². The van der Waals surface area contributed by atoms with Crippen molar-refractivity contribution in [2.45, 2.75) is 76.0 Å². The topological polar surface area (TPSA) is 78.9 Å². The van der Waals surface area contributed by atoms with Gasteiger partial charge in [0.15, 0.2) is 0 Å². The van der Waals surface area contributed by atoms with Gasteiger partial charge in [-0.3, -0.25) is 9.59 Å². The summed E-state index contributed by atoms with van der Waals surface area (Å²) in [6.07, 6.45) is 7.54. The molecule has 2 N–H and O–H groups in total. The fourth-order valence-corrected chi connectivity index (χ4v) is 4.22. The Morgan fingerprint density at radius 3 is 2.67 bits per heavy atom. The number of nitrogens with zero attached hydrogens (tertiary/aromatic N) is 1. The molecule has 2 heterocycles. The number of carbonyl (C=O) groups is 2. The van der Waals surface area contributed by atoms with Crippen molar-refractivity contribution in [3.05, 3.63) is 0 Å². The van der Waals surface area contributed by atoms with Gasteiger partial charge in [0.2, 0.25) is 11.8 Å². The first-order chi connectivity index (χ1) is 11.5. The summed E-state index contributed by atoms with van der Waals surface area (Å²) < 4.78 is 5.39. The molecule has 6 nitrogen and oxygen atoms in total. The van der Waals surface area contributed by atoms with E-state index < -0.39 is 5.60 Å². The smallest absolute Gasteiger partial charge is 0.225 e. The molecule has 0 bridgehead atoms. The third-order valence-electron chi connectivity index (χ3n) is 6.02. The minimum Gasteiger partial charge on any atom is -0.385 e. The van der Waals surface area contributed by atoms with Crippen LogP contribution in [0.5, 0.6) is 0 Å². The molecular weight excluding hydrogens is 308 g/mol. The van der Waals surface area contributed by atoms with Crippen LogP contribution in [-0.4, -0.2) is 59.3 Å². The van der Waals surface area contributed by atoms with E-state index in [4.69, 9.17) is 4.74 Å². The molecule has 3 fully saturated rings. The van der Waals surface area contributed by atoms with Crippen molar-refractivity contribution in [3.63, 3.8) is 0 Å². The zero-order valence-corrected chi connectivity index (χ0v) is 14.6. The van der Waals surface area contributed by atoms with Crippen LogP contribution >= 0.6 is 0 Å². The second-order valence-electron chi connectivity index (χ2n) is 7.68. The van der Waals surface area contributed by atoms with Gasteiger partial charge in [-0.25, -0.2) is 0 Å². The number of hydrogen-bond acceptors (Lipinski definition) is 4. The van der Waals surface area contributed by atoms with Crippen LogP contribution < -0.4 is 5.32 Å². The molecule has 1 saturated carbocycles. The van der Waals surface area contributed by atoms with Crippen LogP contribution in [0.1, 0.15) is 58.3 Å². The Balaban J connectivity index is 1.52. The second-order valence-corrected chi connectivity index (χ2v) is 7.68. The lowest BCUT2D eigenvalue weighted by atomic mass is 9.96. The molecule has 2 amide bonds. The van der Waals surface area contributed by atoms with Gasteiger partial charge in [-0.2, -0.15) is 0 Å². The van der Waals surface area contributed by atoms with Gasteiger partial charge in [0.1, 0.15) is 5.60 Å². The molecule has 0 aromatic carbocycles. The van der Waals surface area contributed by atoms with Gasteiger partial charge in [-0.15, -0.1) is 0 Å². The Kier molecular flexibility index (Phi) is 5.45. The highest BCUT2D eigenvalue weighted by Crippen LogP contribution is 2.29. The van der Waals surface area contributed by atoms with Crippen molar-refractivity contribution in [1.29, 1.82) is 0 Å². The molecule has 2 aliphatic heterocycles. The zero-order chi connectivity index (χ0) is 17.2. The van der Waals surface area contributed by atoms with Crippen molar-refractivity contribution in [1.82, 2.24) is 10.2 Å². The molecule has 0 unspecified atom stereocenters. The molecule has 3 atom stereocenters. The average Bonchev–Trinajstić information content (AvgIpc) is 2.97. The van der Waals surface area contributed by atoms with Gasteiger partial charge >= 0.3 is 0 Å². The molecule has 0 aromatic heterocycles. The fourth-order valence-electron chi connectivity index (χ4n) is 4.22. The van der Waals surface area contributed by atoms with E-state index in [0.29, 0.717) is 32.0 Å². The molecule has 1 aliphatic carbocycles. The number of carbonyl (C=O) groups excluding carboxylic acids is 2. The summed E-state index contributed by atoms with van der Waals surface area (Å²) in [6, 6.07) is 0.310. The minimum absolute atomic E-state index is 0.110. The van der Waals surface area contributed by atoms with E-state index in [2.05, 4.69) is 5.32 Å². The van der Waals surface area contributed by atoms with E-state index in [-0.39, 0.29) is 30.4 Å². The van der Waals surface area contributed by atoms with E-state index in [1.165, 1.54) is 25.7 Å². The normalized spacial score (nSPS) is 35.2. The third-order valence-corrected chi connectivity index (χ3v) is 6.02. The second kappa shape index (κ2) is 7.40. The lowest BCUT2D eigenvalue weighted by Crippen LogP contribution is -2.49. The zero-order valence-electron chi connectivity index (χ0n) is 14.6. The summed E-state index contributed by atoms with van der Waals surface area (Å²) in [6.45, 7) is 3.07. The molecule has 0 radical (unpaired) electrons. The maximum atomic E-state index is 12.5. The summed E-state index contributed by atoms with van der Waals surface area (Å²) in [5.74, 6) is -0.299. The van der Waals surface area contributed by atoms with Gasteiger partial charge in [0.05, 0.1) is 12.0 Å². The fraction of sp³-hybridized carbons (Fsp3) is 0.889. The SMILES string of the molecule is C[C@@H]1OCC[C@]1(O)CNC(=O)[C@H]1CC(=O)N(C2CCCCCC2)C1. The summed E-state index contributed by atoms with van der Waals surface area (Å²) >= 11 is 0. The number of aliphatic hydroxyl groups is 1. The number of nitrogens with one attached hydrogen (secondary N) is 1. The highest BCUT2D eigenvalue weighted by molar-refractivity contribution is 5.89. The standard InChI is InChI=1S/C18H30N2O4/c1-13-18(23,8-9-24-13)12-19-17(22)14-10-16(21)20(11-14)15-6-4-2-3-5-7-15/h13-15,23H,2-12H2,1H3,(H,19,22)/t13-,14-,18-/m0/s1. The molecule has 136 valence electrons. The van der Waals surface area contributed by atoms with E-state index in [9.17, 15) is 14.7 Å². The van der Waals surface area contributed by atoms with Gasteiger partial charge in [0, 0.05) is 38.6 Å². The molecular formula is C18H30N2O4. The lowest BCUT2D eigenvalue weighted by Gasteiger charge is -2.28. The molecule has 6 heteroatoms. The highest BCUT2D eigenvalue weighted by Gasteiger charge is 2.42. The number of rotatable bonds is 4. The maximum Gasteiger partial charge on any atom is 0.225 e. The predicted octanol–water partition coefficient (Wildman–Crippen LogP) is 1.21. The van der Waals surface area contributed by atoms with Gasteiger partial charge in [-0.1, -0.05) is 25.7 Å². The van der Waals surface area contributed by atoms with Crippen LogP contribution in [0.15, 0.2) is 0 Å². The van der Waals surface area contributed by atoms with Crippen molar-refractivity contribution < 1.29 is 19.4 Å². The van der Waals surface area contributed by atoms with Gasteiger partial charge in [0.25, 0.3) is 0 Å². The Hall–Kier alpha value is -1.14. The van der Waals surface area contributed by atoms with Crippen molar-refractivity contribution >= 4 is 11.8 Å². The first-order valence-corrected chi connectivity index (χ1v) is 9.41. The minimum atomic E-state index is -0.987. The van der Waals surface area contributed by atoms with Crippen LogP contribution in [0, 0.1) is 5.92 Å². The number of hydrogen-bond donors (Lipinski definition) is 2. The third kappa shape index (κ3) is 3.75. The first-order valence-electron chi connectivity index (χ1n) is 9.41. The molecule has 0 spiro atoms. The Bertz CT molecular complexity index is 476. The number of ether oxygens (including phenoxy) is 1. The largest absolute Gasteiger partial charge is 0.385 e. The van der Waals surface area contributed by atoms with Crippen molar-refractivity contribution in [3.8, 4) is 0 Å². The number of likely N-dealkylation sites (tertiary alicyclic amines) is 1. The van der Waals surface area contributed by atoms with Crippen molar-refractivity contribution in [2.75, 3.05) is 19.7 Å². The average molecular weight is 338 g/mol. The van der Waals surface area contributed by atoms with Gasteiger partial charge < -0.3 is 20.1 Å². The van der Waals surface area contributed by atoms with E-state index in [0.717, 1.165) is 12.8 Å². The summed E-state index contributed by atoms with van der Waals surface area (Å²) in [5.41, 5.74) is -0.987. The molecule has 24 heavy (non-hydrogen) atoms. The summed E-state index contributed by atoms with van der Waals surface area (Å²) in [4.78, 5) is 26.7. The number of amides is 2. The van der Waals surface area contributed by atoms with Crippen molar-refractivity contribution in [2.24, 2.45) is 5.92 Å². The first kappa shape index (κ1) is 17.7. The molecule has 2 saturated heterocycles. The monoisotopic (exact) mass is 338 g/mol. The van der Waals surface area contributed by atoms with Crippen LogP contribution in [0.4, 0.5) is 0 Å². The Morgan fingerprint density at radius 1 is 1.33 bits per heavy atom. The Morgan fingerprint density at radius 2 is 2.04 bits per heavy atom. The lowest BCUT2D eigenvalue weighted by molar-refractivity contribution is -0.130. The quantitative estimate of drug-likeness (QED) is 0.755. The van der Waals surface area contributed by atoms with Crippen LogP contribution in [-0.2, 0) is 14.3 Å². The van der Waals surface area contributed by atoms with E-state index in [1.807, 2.05) is 11.8 Å². The predicted molar refractivity (Wildman–Crippen MR) is 89.3 cm³/mol. The van der Waals surface area contributed by atoms with Crippen LogP contribution in [0.25, 0.3) is 0 Å². The molecule has 3 aliphatic rings. The summed E-state index contributed by atoms with van der Waals surface area (Å²) in [5, 5.41) is 13.3. The Labute approximate surface area is 143 Å². The molecule has 3 rings (SSSR count). The highest BCUT2D eigenvalue weighted by atomic mass is 16.5. The van der Waals surface area contributed by atoms with Crippen LogP contribution in [0.3, 0.4) is 0 Å². The van der Waals surface area contributed by atoms with E-state index >= 15 is 0 Å². The maximum absolute atomic E-state index is 12.5. The van der Waals surface area contributed by atoms with Crippen LogP contribution in [0.2, 0.25) is 0 Å². The van der Waals surface area contributed by atoms with Gasteiger partial charge in [-0.05, 0) is 19.8 Å². The summed E-state index contributed by atoms with van der Waals surface area (Å²) in [7, 11) is 0. The molecule has 0 aromatic rings.